The number of hydrogen-bond donors (Lipinski definition) is 1. The lowest BCUT2D eigenvalue weighted by molar-refractivity contribution is 0.255. The molecule has 0 aliphatic carbocycles. The van der Waals surface area contributed by atoms with Gasteiger partial charge in [0.05, 0.1) is 10.4 Å². The van der Waals surface area contributed by atoms with Crippen LogP contribution in [0, 0.1) is 0 Å². The smallest absolute Gasteiger partial charge is 0.408 e. The summed E-state index contributed by atoms with van der Waals surface area (Å²) in [7, 11) is -2.07. The SMILES string of the molecule is Cn1c(=O)oc2cc(S(=O)(=O)NCCCN3CCN(c4ccccc4)CC3)ccc21. The van der Waals surface area contributed by atoms with Crippen LogP contribution in [0.2, 0.25) is 0 Å². The van der Waals surface area contributed by atoms with Gasteiger partial charge < -0.3 is 9.32 Å². The maximum absolute atomic E-state index is 12.6. The molecular weight excluding hydrogens is 404 g/mol. The normalized spacial score (nSPS) is 15.7. The Morgan fingerprint density at radius 2 is 1.77 bits per heavy atom. The van der Waals surface area contributed by atoms with Crippen LogP contribution >= 0.6 is 0 Å². The molecule has 1 fully saturated rings. The maximum atomic E-state index is 12.6. The van der Waals surface area contributed by atoms with Gasteiger partial charge in [0, 0.05) is 51.5 Å². The first-order valence-corrected chi connectivity index (χ1v) is 11.5. The summed E-state index contributed by atoms with van der Waals surface area (Å²) in [5.74, 6) is -0.514. The Hall–Kier alpha value is -2.62. The maximum Gasteiger partial charge on any atom is 0.419 e. The van der Waals surface area contributed by atoms with E-state index < -0.39 is 15.8 Å². The summed E-state index contributed by atoms with van der Waals surface area (Å²) in [4.78, 5) is 16.4. The van der Waals surface area contributed by atoms with Gasteiger partial charge in [-0.05, 0) is 37.2 Å². The molecule has 0 atom stereocenters. The minimum Gasteiger partial charge on any atom is -0.408 e. The molecular formula is C21H26N4O4S. The van der Waals surface area contributed by atoms with Crippen molar-refractivity contribution in [2.24, 2.45) is 7.05 Å². The number of para-hydroxylation sites is 1. The van der Waals surface area contributed by atoms with Gasteiger partial charge in [-0.2, -0.15) is 0 Å². The molecule has 2 heterocycles. The average molecular weight is 431 g/mol. The minimum absolute atomic E-state index is 0.0980. The number of nitrogens with one attached hydrogen (secondary N) is 1. The van der Waals surface area contributed by atoms with Gasteiger partial charge in [-0.15, -0.1) is 0 Å². The van der Waals surface area contributed by atoms with Gasteiger partial charge in [0.25, 0.3) is 0 Å². The van der Waals surface area contributed by atoms with E-state index in [-0.39, 0.29) is 10.5 Å². The fourth-order valence-corrected chi connectivity index (χ4v) is 4.83. The van der Waals surface area contributed by atoms with Crippen molar-refractivity contribution in [3.05, 3.63) is 59.1 Å². The van der Waals surface area contributed by atoms with Gasteiger partial charge in [0.15, 0.2) is 5.58 Å². The van der Waals surface area contributed by atoms with E-state index in [0.29, 0.717) is 12.1 Å². The standard InChI is InChI=1S/C21H26N4O4S/c1-23-19-9-8-18(16-20(19)29-21(23)26)30(27,28)22-10-5-11-24-12-14-25(15-13-24)17-6-3-2-4-7-17/h2-4,6-9,16,22H,5,10-15H2,1H3. The summed E-state index contributed by atoms with van der Waals surface area (Å²) in [6, 6.07) is 14.8. The monoisotopic (exact) mass is 430 g/mol. The highest BCUT2D eigenvalue weighted by molar-refractivity contribution is 7.89. The van der Waals surface area contributed by atoms with Crippen molar-refractivity contribution < 1.29 is 12.8 Å². The second-order valence-corrected chi connectivity index (χ2v) is 9.24. The van der Waals surface area contributed by atoms with Gasteiger partial charge in [0.2, 0.25) is 10.0 Å². The van der Waals surface area contributed by atoms with Crippen LogP contribution < -0.4 is 15.4 Å². The first-order valence-electron chi connectivity index (χ1n) is 10.1. The second-order valence-electron chi connectivity index (χ2n) is 7.47. The largest absolute Gasteiger partial charge is 0.419 e. The molecule has 0 spiro atoms. The predicted octanol–water partition coefficient (Wildman–Crippen LogP) is 1.62. The lowest BCUT2D eigenvalue weighted by Gasteiger charge is -2.36. The summed E-state index contributed by atoms with van der Waals surface area (Å²) in [5.41, 5.74) is 2.08. The molecule has 160 valence electrons. The number of sulfonamides is 1. The highest BCUT2D eigenvalue weighted by atomic mass is 32.2. The van der Waals surface area contributed by atoms with E-state index in [1.807, 2.05) is 6.07 Å². The van der Waals surface area contributed by atoms with Crippen LogP contribution in [-0.4, -0.2) is 57.2 Å². The predicted molar refractivity (Wildman–Crippen MR) is 116 cm³/mol. The summed E-state index contributed by atoms with van der Waals surface area (Å²) in [6.45, 7) is 5.07. The summed E-state index contributed by atoms with van der Waals surface area (Å²) in [6.07, 6.45) is 0.729. The van der Waals surface area contributed by atoms with Crippen LogP contribution in [0.25, 0.3) is 11.1 Å². The number of aryl methyl sites for hydroxylation is 1. The number of aromatic nitrogens is 1. The van der Waals surface area contributed by atoms with E-state index in [1.165, 1.54) is 22.4 Å². The molecule has 8 nitrogen and oxygen atoms in total. The molecule has 1 aromatic heterocycles. The van der Waals surface area contributed by atoms with E-state index in [2.05, 4.69) is 38.8 Å². The molecule has 0 bridgehead atoms. The number of oxazole rings is 1. The van der Waals surface area contributed by atoms with Crippen molar-refractivity contribution in [2.75, 3.05) is 44.2 Å². The molecule has 1 aliphatic rings. The summed E-state index contributed by atoms with van der Waals surface area (Å²) in [5, 5.41) is 0. The Kier molecular flexibility index (Phi) is 5.94. The number of nitrogens with zero attached hydrogens (tertiary/aromatic N) is 3. The molecule has 3 aromatic rings. The number of rotatable bonds is 7. The van der Waals surface area contributed by atoms with Crippen molar-refractivity contribution in [2.45, 2.75) is 11.3 Å². The molecule has 9 heteroatoms. The topological polar surface area (TPSA) is 87.8 Å². The van der Waals surface area contributed by atoms with Crippen LogP contribution in [0.3, 0.4) is 0 Å². The van der Waals surface area contributed by atoms with Crippen molar-refractivity contribution in [1.82, 2.24) is 14.2 Å². The number of hydrogen-bond acceptors (Lipinski definition) is 6. The number of anilines is 1. The summed E-state index contributed by atoms with van der Waals surface area (Å²) < 4.78 is 34.2. The highest BCUT2D eigenvalue weighted by Gasteiger charge is 2.18. The lowest BCUT2D eigenvalue weighted by atomic mass is 10.2. The zero-order valence-corrected chi connectivity index (χ0v) is 17.8. The molecule has 0 unspecified atom stereocenters. The van der Waals surface area contributed by atoms with Gasteiger partial charge in [0.1, 0.15) is 0 Å². The molecule has 0 amide bonds. The van der Waals surface area contributed by atoms with Crippen molar-refractivity contribution in [1.29, 1.82) is 0 Å². The van der Waals surface area contributed by atoms with Gasteiger partial charge >= 0.3 is 5.76 Å². The van der Waals surface area contributed by atoms with Gasteiger partial charge in [-0.3, -0.25) is 9.47 Å². The molecule has 30 heavy (non-hydrogen) atoms. The Morgan fingerprint density at radius 3 is 2.50 bits per heavy atom. The van der Waals surface area contributed by atoms with E-state index in [0.717, 1.165) is 39.1 Å². The molecule has 4 rings (SSSR count). The van der Waals surface area contributed by atoms with E-state index in [9.17, 15) is 13.2 Å². The molecule has 0 radical (unpaired) electrons. The number of benzene rings is 2. The van der Waals surface area contributed by atoms with Crippen molar-refractivity contribution in [3.8, 4) is 0 Å². The van der Waals surface area contributed by atoms with E-state index in [4.69, 9.17) is 4.42 Å². The quantitative estimate of drug-likeness (QED) is 0.573. The van der Waals surface area contributed by atoms with Gasteiger partial charge in [-0.1, -0.05) is 18.2 Å². The van der Waals surface area contributed by atoms with Crippen LogP contribution in [0.15, 0.2) is 62.6 Å². The third-order valence-electron chi connectivity index (χ3n) is 5.51. The Labute approximate surface area is 175 Å². The van der Waals surface area contributed by atoms with E-state index >= 15 is 0 Å². The zero-order valence-electron chi connectivity index (χ0n) is 17.0. The van der Waals surface area contributed by atoms with Crippen molar-refractivity contribution in [3.63, 3.8) is 0 Å². The fourth-order valence-electron chi connectivity index (χ4n) is 3.74. The first kappa shape index (κ1) is 20.6. The van der Waals surface area contributed by atoms with Gasteiger partial charge in [-0.25, -0.2) is 17.9 Å². The number of piperazine rings is 1. The summed E-state index contributed by atoms with van der Waals surface area (Å²) >= 11 is 0. The third kappa shape index (κ3) is 4.43. The molecule has 2 aromatic carbocycles. The Bertz CT molecular complexity index is 1160. The first-order chi connectivity index (χ1) is 14.4. The molecule has 1 saturated heterocycles. The third-order valence-corrected chi connectivity index (χ3v) is 6.97. The Morgan fingerprint density at radius 1 is 1.03 bits per heavy atom. The lowest BCUT2D eigenvalue weighted by Crippen LogP contribution is -2.47. The van der Waals surface area contributed by atoms with Crippen molar-refractivity contribution >= 4 is 26.8 Å². The minimum atomic E-state index is -3.65. The molecule has 1 N–H and O–H groups in total. The van der Waals surface area contributed by atoms with E-state index in [1.54, 1.807) is 13.1 Å². The molecule has 1 aliphatic heterocycles. The number of fused-ring (bicyclic) bond motifs is 1. The van der Waals surface area contributed by atoms with Crippen LogP contribution in [-0.2, 0) is 17.1 Å². The second kappa shape index (κ2) is 8.63. The Balaban J connectivity index is 1.26. The molecule has 0 saturated carbocycles. The highest BCUT2D eigenvalue weighted by Crippen LogP contribution is 2.18. The van der Waals surface area contributed by atoms with Crippen LogP contribution in [0.5, 0.6) is 0 Å². The zero-order chi connectivity index (χ0) is 21.1. The average Bonchev–Trinajstić information content (AvgIpc) is 3.05. The van der Waals surface area contributed by atoms with Crippen LogP contribution in [0.4, 0.5) is 5.69 Å². The van der Waals surface area contributed by atoms with Crippen LogP contribution in [0.1, 0.15) is 6.42 Å². The fraction of sp³-hybridized carbons (Fsp3) is 0.381.